The fraction of sp³-hybridized carbons (Fsp3) is 0.130. The molecule has 0 atom stereocenters. The minimum absolute atomic E-state index is 0.100. The molecule has 0 spiro atoms. The molecule has 4 rings (SSSR count). The van der Waals surface area contributed by atoms with Crippen molar-refractivity contribution in [3.63, 3.8) is 0 Å². The van der Waals surface area contributed by atoms with E-state index in [2.05, 4.69) is 15.5 Å². The summed E-state index contributed by atoms with van der Waals surface area (Å²) >= 11 is 0. The Hall–Kier alpha value is -4.20. The van der Waals surface area contributed by atoms with Gasteiger partial charge in [-0.25, -0.2) is 0 Å². The summed E-state index contributed by atoms with van der Waals surface area (Å²) in [6.07, 6.45) is 1.54. The number of pyridine rings is 1. The van der Waals surface area contributed by atoms with E-state index in [0.29, 0.717) is 17.3 Å². The first-order valence-corrected chi connectivity index (χ1v) is 9.58. The maximum Gasteiger partial charge on any atom is 0.263 e. The lowest BCUT2D eigenvalue weighted by atomic mass is 10.1. The highest BCUT2D eigenvalue weighted by molar-refractivity contribution is 5.90. The van der Waals surface area contributed by atoms with Gasteiger partial charge in [0.1, 0.15) is 17.9 Å². The van der Waals surface area contributed by atoms with Gasteiger partial charge in [0.05, 0.1) is 7.11 Å². The van der Waals surface area contributed by atoms with Gasteiger partial charge in [0.15, 0.2) is 0 Å². The molecule has 0 bridgehead atoms. The zero-order valence-electron chi connectivity index (χ0n) is 17.0. The summed E-state index contributed by atoms with van der Waals surface area (Å²) in [6.45, 7) is 1.82. The Labute approximate surface area is 178 Å². The number of carbonyl (C=O) groups is 1. The molecule has 0 saturated heterocycles. The third-order valence-electron chi connectivity index (χ3n) is 4.65. The number of hydrogen-bond donors (Lipinski definition) is 1. The average molecular weight is 416 g/mol. The second-order valence-electron chi connectivity index (χ2n) is 6.92. The van der Waals surface area contributed by atoms with Gasteiger partial charge in [0, 0.05) is 23.5 Å². The minimum Gasteiger partial charge on any atom is -0.497 e. The summed E-state index contributed by atoms with van der Waals surface area (Å²) < 4.78 is 11.7. The van der Waals surface area contributed by atoms with E-state index >= 15 is 0 Å². The van der Waals surface area contributed by atoms with Crippen molar-refractivity contribution in [1.82, 2.24) is 14.7 Å². The molecule has 1 amide bonds. The molecule has 156 valence electrons. The Kier molecular flexibility index (Phi) is 5.61. The lowest BCUT2D eigenvalue weighted by Crippen LogP contribution is -2.28. The maximum absolute atomic E-state index is 12.9. The molecule has 4 aromatic rings. The van der Waals surface area contributed by atoms with Crippen LogP contribution in [-0.2, 0) is 11.3 Å². The van der Waals surface area contributed by atoms with Crippen LogP contribution < -0.4 is 15.6 Å². The molecule has 31 heavy (non-hydrogen) atoms. The molecule has 0 saturated carbocycles. The van der Waals surface area contributed by atoms with Crippen LogP contribution in [0.1, 0.15) is 5.56 Å². The Morgan fingerprint density at radius 1 is 1.13 bits per heavy atom. The van der Waals surface area contributed by atoms with Crippen molar-refractivity contribution in [2.45, 2.75) is 13.5 Å². The standard InChI is InChI=1S/C23H20N4O4/c1-15-8-10-16(11-9-15)21-25-22(31-26-21)19-7-4-12-27(23(19)29)14-20(28)24-17-5-3-6-18(13-17)30-2/h3-13H,14H2,1-2H3,(H,24,28). The number of nitrogens with one attached hydrogen (secondary N) is 1. The molecule has 0 fully saturated rings. The largest absolute Gasteiger partial charge is 0.497 e. The molecule has 0 aliphatic rings. The van der Waals surface area contributed by atoms with Gasteiger partial charge in [0.25, 0.3) is 11.4 Å². The lowest BCUT2D eigenvalue weighted by molar-refractivity contribution is -0.116. The van der Waals surface area contributed by atoms with Crippen LogP contribution in [0, 0.1) is 6.92 Å². The van der Waals surface area contributed by atoms with Gasteiger partial charge in [-0.2, -0.15) is 4.98 Å². The molecule has 0 radical (unpaired) electrons. The van der Waals surface area contributed by atoms with Crippen LogP contribution in [0.4, 0.5) is 5.69 Å². The quantitative estimate of drug-likeness (QED) is 0.516. The van der Waals surface area contributed by atoms with Gasteiger partial charge in [-0.1, -0.05) is 41.1 Å². The molecule has 2 aromatic heterocycles. The van der Waals surface area contributed by atoms with Crippen LogP contribution in [0.2, 0.25) is 0 Å². The van der Waals surface area contributed by atoms with Crippen LogP contribution >= 0.6 is 0 Å². The Balaban J connectivity index is 1.54. The van der Waals surface area contributed by atoms with E-state index in [1.165, 1.54) is 10.8 Å². The summed E-state index contributed by atoms with van der Waals surface area (Å²) in [5, 5.41) is 6.72. The highest BCUT2D eigenvalue weighted by atomic mass is 16.5. The van der Waals surface area contributed by atoms with Crippen LogP contribution in [0.25, 0.3) is 22.8 Å². The predicted octanol–water partition coefficient (Wildman–Crippen LogP) is 3.52. The first-order valence-electron chi connectivity index (χ1n) is 9.58. The van der Waals surface area contributed by atoms with Crippen molar-refractivity contribution < 1.29 is 14.1 Å². The second-order valence-corrected chi connectivity index (χ2v) is 6.92. The van der Waals surface area contributed by atoms with E-state index in [9.17, 15) is 9.59 Å². The van der Waals surface area contributed by atoms with Gasteiger partial charge in [-0.15, -0.1) is 0 Å². The van der Waals surface area contributed by atoms with E-state index in [4.69, 9.17) is 9.26 Å². The van der Waals surface area contributed by atoms with Crippen molar-refractivity contribution in [1.29, 1.82) is 0 Å². The van der Waals surface area contributed by atoms with Crippen LogP contribution in [0.15, 0.2) is 76.2 Å². The van der Waals surface area contributed by atoms with Crippen molar-refractivity contribution in [3.05, 3.63) is 82.8 Å². The zero-order valence-corrected chi connectivity index (χ0v) is 17.0. The number of aromatic nitrogens is 3. The molecule has 8 heteroatoms. The van der Waals surface area contributed by atoms with E-state index in [1.54, 1.807) is 43.5 Å². The number of ether oxygens (including phenoxy) is 1. The molecule has 0 unspecified atom stereocenters. The molecular formula is C23H20N4O4. The van der Waals surface area contributed by atoms with Gasteiger partial charge in [0.2, 0.25) is 11.7 Å². The molecule has 8 nitrogen and oxygen atoms in total. The van der Waals surface area contributed by atoms with Crippen molar-refractivity contribution in [3.8, 4) is 28.6 Å². The topological polar surface area (TPSA) is 99.2 Å². The second kappa shape index (κ2) is 8.66. The molecule has 2 heterocycles. The number of anilines is 1. The molecular weight excluding hydrogens is 396 g/mol. The Bertz CT molecular complexity index is 1280. The number of hydrogen-bond acceptors (Lipinski definition) is 6. The number of carbonyl (C=O) groups excluding carboxylic acids is 1. The predicted molar refractivity (Wildman–Crippen MR) is 116 cm³/mol. The van der Waals surface area contributed by atoms with Crippen LogP contribution in [0.5, 0.6) is 5.75 Å². The summed E-state index contributed by atoms with van der Waals surface area (Å²) in [4.78, 5) is 29.7. The van der Waals surface area contributed by atoms with E-state index < -0.39 is 5.56 Å². The van der Waals surface area contributed by atoms with E-state index in [-0.39, 0.29) is 23.9 Å². The fourth-order valence-electron chi connectivity index (χ4n) is 3.03. The number of amides is 1. The minimum atomic E-state index is -0.401. The number of methoxy groups -OCH3 is 1. The highest BCUT2D eigenvalue weighted by Gasteiger charge is 2.16. The van der Waals surface area contributed by atoms with Crippen molar-refractivity contribution in [2.75, 3.05) is 12.4 Å². The van der Waals surface area contributed by atoms with E-state index in [0.717, 1.165) is 11.1 Å². The third kappa shape index (κ3) is 4.53. The Morgan fingerprint density at radius 3 is 2.71 bits per heavy atom. The maximum atomic E-state index is 12.9. The van der Waals surface area contributed by atoms with Crippen molar-refractivity contribution >= 4 is 11.6 Å². The summed E-state index contributed by atoms with van der Waals surface area (Å²) in [5.74, 6) is 0.764. The van der Waals surface area contributed by atoms with E-state index in [1.807, 2.05) is 31.2 Å². The Morgan fingerprint density at radius 2 is 1.94 bits per heavy atom. The third-order valence-corrected chi connectivity index (χ3v) is 4.65. The molecule has 0 aliphatic heterocycles. The SMILES string of the molecule is COc1cccc(NC(=O)Cn2cccc(-c3nc(-c4ccc(C)cc4)no3)c2=O)c1. The smallest absolute Gasteiger partial charge is 0.263 e. The average Bonchev–Trinajstić information content (AvgIpc) is 3.26. The van der Waals surface area contributed by atoms with Gasteiger partial charge in [-0.3, -0.25) is 9.59 Å². The summed E-state index contributed by atoms with van der Waals surface area (Å²) in [7, 11) is 1.55. The van der Waals surface area contributed by atoms with Crippen LogP contribution in [-0.4, -0.2) is 27.7 Å². The summed E-state index contributed by atoms with van der Waals surface area (Å²) in [6, 6.07) is 17.9. The number of benzene rings is 2. The van der Waals surface area contributed by atoms with Gasteiger partial charge < -0.3 is 19.1 Å². The van der Waals surface area contributed by atoms with Crippen LogP contribution in [0.3, 0.4) is 0 Å². The number of nitrogens with zero attached hydrogens (tertiary/aromatic N) is 3. The monoisotopic (exact) mass is 416 g/mol. The zero-order chi connectivity index (χ0) is 21.8. The number of aryl methyl sites for hydroxylation is 1. The first kappa shape index (κ1) is 20.1. The molecule has 1 N–H and O–H groups in total. The fourth-order valence-corrected chi connectivity index (χ4v) is 3.03. The normalized spacial score (nSPS) is 10.6. The van der Waals surface area contributed by atoms with Gasteiger partial charge in [-0.05, 0) is 31.2 Å². The lowest BCUT2D eigenvalue weighted by Gasteiger charge is -2.09. The molecule has 0 aliphatic carbocycles. The molecule has 2 aromatic carbocycles. The first-order chi connectivity index (χ1) is 15.0. The van der Waals surface area contributed by atoms with Gasteiger partial charge >= 0.3 is 0 Å². The highest BCUT2D eigenvalue weighted by Crippen LogP contribution is 2.20. The van der Waals surface area contributed by atoms with Crippen molar-refractivity contribution in [2.24, 2.45) is 0 Å². The summed E-state index contributed by atoms with van der Waals surface area (Å²) in [5.41, 5.74) is 2.30. The number of rotatable bonds is 6.